The normalized spacial score (nSPS) is 11.6. The van der Waals surface area contributed by atoms with Crippen molar-refractivity contribution in [3.05, 3.63) is 48.2 Å². The molecule has 0 saturated carbocycles. The summed E-state index contributed by atoms with van der Waals surface area (Å²) >= 11 is 0. The molecule has 5 nitrogen and oxygen atoms in total. The van der Waals surface area contributed by atoms with Crippen molar-refractivity contribution in [3.8, 4) is 0 Å². The summed E-state index contributed by atoms with van der Waals surface area (Å²) in [6.07, 6.45) is 4.83. The van der Waals surface area contributed by atoms with Crippen molar-refractivity contribution in [3.63, 3.8) is 0 Å². The van der Waals surface area contributed by atoms with Gasteiger partial charge in [0.25, 0.3) is 0 Å². The van der Waals surface area contributed by atoms with Crippen LogP contribution >= 0.6 is 0 Å². The van der Waals surface area contributed by atoms with Crippen molar-refractivity contribution >= 4 is 17.2 Å². The molecule has 3 rings (SSSR count). The topological polar surface area (TPSA) is 56.2 Å². The second-order valence-corrected chi connectivity index (χ2v) is 3.65. The van der Waals surface area contributed by atoms with Gasteiger partial charge in [0.1, 0.15) is 24.0 Å². The van der Waals surface area contributed by atoms with E-state index in [2.05, 4.69) is 15.3 Å². The number of aromatic nitrogens is 3. The van der Waals surface area contributed by atoms with E-state index in [-0.39, 0.29) is 0 Å². The van der Waals surface area contributed by atoms with Crippen molar-refractivity contribution in [1.29, 1.82) is 0 Å². The van der Waals surface area contributed by atoms with Crippen LogP contribution in [0.3, 0.4) is 0 Å². The van der Waals surface area contributed by atoms with Gasteiger partial charge in [0.2, 0.25) is 0 Å². The summed E-state index contributed by atoms with van der Waals surface area (Å²) in [4.78, 5) is 0. The smallest absolute Gasteiger partial charge is 0.141 e. The van der Waals surface area contributed by atoms with Gasteiger partial charge < -0.3 is 4.42 Å². The average molecular weight is 226 g/mol. The number of hydrogen-bond donors (Lipinski definition) is 0. The second-order valence-electron chi connectivity index (χ2n) is 3.65. The third kappa shape index (κ3) is 1.71. The summed E-state index contributed by atoms with van der Waals surface area (Å²) < 4.78 is 7.18. The van der Waals surface area contributed by atoms with Gasteiger partial charge >= 0.3 is 0 Å². The molecule has 0 aliphatic heterocycles. The highest BCUT2D eigenvalue weighted by Gasteiger charge is 2.07. The van der Waals surface area contributed by atoms with Crippen LogP contribution in [0.25, 0.3) is 11.0 Å². The molecule has 0 fully saturated rings. The van der Waals surface area contributed by atoms with Gasteiger partial charge in [-0.05, 0) is 13.0 Å². The van der Waals surface area contributed by atoms with Crippen LogP contribution in [0.15, 0.2) is 46.4 Å². The first kappa shape index (κ1) is 9.77. The van der Waals surface area contributed by atoms with Gasteiger partial charge in [0, 0.05) is 10.9 Å². The van der Waals surface area contributed by atoms with Crippen LogP contribution < -0.4 is 0 Å². The molecule has 3 aromatic rings. The van der Waals surface area contributed by atoms with Gasteiger partial charge in [-0.1, -0.05) is 18.2 Å². The molecule has 0 unspecified atom stereocenters. The molecule has 0 aliphatic rings. The molecule has 2 aromatic heterocycles. The molecule has 0 N–H and O–H groups in total. The van der Waals surface area contributed by atoms with Crippen LogP contribution in [0.2, 0.25) is 0 Å². The molecule has 0 atom stereocenters. The molecular formula is C12H10N4O. The minimum absolute atomic E-state index is 0.850. The predicted molar refractivity (Wildman–Crippen MR) is 64.0 cm³/mol. The van der Waals surface area contributed by atoms with Gasteiger partial charge in [0.05, 0.1) is 6.21 Å². The van der Waals surface area contributed by atoms with Crippen LogP contribution in [-0.2, 0) is 0 Å². The number of nitrogens with zero attached hydrogens (tertiary/aromatic N) is 4. The Kier molecular flexibility index (Phi) is 2.22. The first-order valence-electron chi connectivity index (χ1n) is 5.22. The van der Waals surface area contributed by atoms with Crippen molar-refractivity contribution in [2.75, 3.05) is 0 Å². The number of para-hydroxylation sites is 1. The van der Waals surface area contributed by atoms with E-state index >= 15 is 0 Å². The minimum Gasteiger partial charge on any atom is -0.461 e. The molecule has 84 valence electrons. The van der Waals surface area contributed by atoms with Gasteiger partial charge in [-0.3, -0.25) is 0 Å². The minimum atomic E-state index is 0.850. The predicted octanol–water partition coefficient (Wildman–Crippen LogP) is 2.21. The molecule has 0 aliphatic carbocycles. The fraction of sp³-hybridized carbons (Fsp3) is 0.0833. The Bertz CT molecular complexity index is 667. The molecule has 17 heavy (non-hydrogen) atoms. The molecular weight excluding hydrogens is 216 g/mol. The lowest BCUT2D eigenvalue weighted by Gasteiger charge is -1.91. The Morgan fingerprint density at radius 1 is 1.24 bits per heavy atom. The molecule has 0 amide bonds. The van der Waals surface area contributed by atoms with E-state index in [4.69, 9.17) is 4.42 Å². The van der Waals surface area contributed by atoms with Gasteiger partial charge in [-0.2, -0.15) is 5.10 Å². The Morgan fingerprint density at radius 2 is 2.00 bits per heavy atom. The average Bonchev–Trinajstić information content (AvgIpc) is 2.93. The third-order valence-electron chi connectivity index (χ3n) is 2.55. The van der Waals surface area contributed by atoms with Crippen molar-refractivity contribution in [2.24, 2.45) is 5.10 Å². The fourth-order valence-electron chi connectivity index (χ4n) is 1.73. The SMILES string of the molecule is Cc1oc2ccccc2c1C=Nn1cnnc1. The van der Waals surface area contributed by atoms with Crippen molar-refractivity contribution in [2.45, 2.75) is 6.92 Å². The number of aryl methyl sites for hydroxylation is 1. The van der Waals surface area contributed by atoms with Crippen molar-refractivity contribution < 1.29 is 4.42 Å². The molecule has 5 heteroatoms. The highest BCUT2D eigenvalue weighted by atomic mass is 16.3. The number of fused-ring (bicyclic) bond motifs is 1. The maximum atomic E-state index is 5.64. The zero-order valence-corrected chi connectivity index (χ0v) is 9.24. The molecule has 2 heterocycles. The lowest BCUT2D eigenvalue weighted by Crippen LogP contribution is -1.87. The van der Waals surface area contributed by atoms with Gasteiger partial charge in [0.15, 0.2) is 0 Å². The number of rotatable bonds is 2. The summed E-state index contributed by atoms with van der Waals surface area (Å²) in [5, 5.41) is 12.6. The number of benzene rings is 1. The first-order valence-corrected chi connectivity index (χ1v) is 5.22. The Labute approximate surface area is 97.4 Å². The lowest BCUT2D eigenvalue weighted by molar-refractivity contribution is 0.578. The maximum absolute atomic E-state index is 5.64. The largest absolute Gasteiger partial charge is 0.461 e. The van der Waals surface area contributed by atoms with Crippen LogP contribution in [0.5, 0.6) is 0 Å². The molecule has 0 spiro atoms. The fourth-order valence-corrected chi connectivity index (χ4v) is 1.73. The van der Waals surface area contributed by atoms with E-state index in [0.29, 0.717) is 0 Å². The monoisotopic (exact) mass is 226 g/mol. The van der Waals surface area contributed by atoms with E-state index in [1.165, 1.54) is 12.7 Å². The number of hydrogen-bond acceptors (Lipinski definition) is 4. The maximum Gasteiger partial charge on any atom is 0.141 e. The Balaban J connectivity index is 2.08. The van der Waals surface area contributed by atoms with Crippen LogP contribution in [-0.4, -0.2) is 21.1 Å². The summed E-state index contributed by atoms with van der Waals surface area (Å²) in [6.45, 7) is 1.92. The van der Waals surface area contributed by atoms with E-state index in [0.717, 1.165) is 22.3 Å². The summed E-state index contributed by atoms with van der Waals surface area (Å²) in [6, 6.07) is 7.89. The quantitative estimate of drug-likeness (QED) is 0.629. The Morgan fingerprint density at radius 3 is 2.82 bits per heavy atom. The summed E-state index contributed by atoms with van der Waals surface area (Å²) in [7, 11) is 0. The van der Waals surface area contributed by atoms with E-state index < -0.39 is 0 Å². The molecule has 0 bridgehead atoms. The standard InChI is InChI=1S/C12H10N4O/c1-9-11(6-15-16-7-13-14-8-16)10-4-2-3-5-12(10)17-9/h2-8H,1H3. The zero-order chi connectivity index (χ0) is 11.7. The highest BCUT2D eigenvalue weighted by Crippen LogP contribution is 2.23. The molecule has 0 saturated heterocycles. The first-order chi connectivity index (χ1) is 8.34. The highest BCUT2D eigenvalue weighted by molar-refractivity contribution is 5.99. The van der Waals surface area contributed by atoms with Crippen LogP contribution in [0.4, 0.5) is 0 Å². The van der Waals surface area contributed by atoms with E-state index in [1.54, 1.807) is 10.9 Å². The van der Waals surface area contributed by atoms with Crippen LogP contribution in [0, 0.1) is 6.92 Å². The van der Waals surface area contributed by atoms with Crippen molar-refractivity contribution in [1.82, 2.24) is 14.9 Å². The van der Waals surface area contributed by atoms with E-state index in [9.17, 15) is 0 Å². The van der Waals surface area contributed by atoms with Gasteiger partial charge in [-0.25, -0.2) is 4.68 Å². The second kappa shape index (κ2) is 3.86. The lowest BCUT2D eigenvalue weighted by atomic mass is 10.1. The van der Waals surface area contributed by atoms with Gasteiger partial charge in [-0.15, -0.1) is 10.2 Å². The van der Waals surface area contributed by atoms with Crippen LogP contribution in [0.1, 0.15) is 11.3 Å². The Hall–Kier alpha value is -2.43. The molecule has 0 radical (unpaired) electrons. The third-order valence-corrected chi connectivity index (χ3v) is 2.55. The van der Waals surface area contributed by atoms with E-state index in [1.807, 2.05) is 31.2 Å². The number of furan rings is 1. The zero-order valence-electron chi connectivity index (χ0n) is 9.24. The summed E-state index contributed by atoms with van der Waals surface area (Å²) in [5.74, 6) is 0.850. The summed E-state index contributed by atoms with van der Waals surface area (Å²) in [5.41, 5.74) is 1.85. The molecule has 1 aromatic carbocycles.